The Morgan fingerprint density at radius 2 is 1.76 bits per heavy atom. The molecule has 3 aromatic rings. The highest BCUT2D eigenvalue weighted by Crippen LogP contribution is 2.37. The first-order valence-corrected chi connectivity index (χ1v) is 12.4. The highest BCUT2D eigenvalue weighted by Gasteiger charge is 2.27. The summed E-state index contributed by atoms with van der Waals surface area (Å²) in [5.41, 5.74) is 4.27. The van der Waals surface area contributed by atoms with E-state index in [9.17, 15) is 9.59 Å². The molecule has 1 N–H and O–H groups in total. The fourth-order valence-corrected chi connectivity index (χ4v) is 4.29. The molecule has 0 unspecified atom stereocenters. The third-order valence-corrected chi connectivity index (χ3v) is 6.45. The average molecular weight is 503 g/mol. The normalized spacial score (nSPS) is 13.0. The molecule has 0 aliphatic carbocycles. The summed E-state index contributed by atoms with van der Waals surface area (Å²) in [7, 11) is 3.20. The van der Waals surface area contributed by atoms with Crippen molar-refractivity contribution in [2.24, 2.45) is 0 Å². The molecule has 7 nitrogen and oxygen atoms in total. The van der Waals surface area contributed by atoms with Crippen molar-refractivity contribution in [1.82, 2.24) is 5.32 Å². The standard InChI is InChI=1S/C30H34N2O5/c1-30(2,3)23-10-12-25-24(17-23)32(28(33)19-37-25)18-21-7-6-8-22(15-21)29(34)31-14-13-20-9-11-26(35-4)27(16-20)36-5/h6-12,15-17H,13-14,18-19H2,1-5H3,(H,31,34). The summed E-state index contributed by atoms with van der Waals surface area (Å²) < 4.78 is 16.3. The minimum atomic E-state index is -0.161. The molecule has 3 aromatic carbocycles. The van der Waals surface area contributed by atoms with E-state index in [1.54, 1.807) is 25.2 Å². The van der Waals surface area contributed by atoms with Gasteiger partial charge >= 0.3 is 0 Å². The van der Waals surface area contributed by atoms with E-state index in [0.29, 0.717) is 42.3 Å². The number of anilines is 1. The lowest BCUT2D eigenvalue weighted by atomic mass is 9.86. The lowest BCUT2D eigenvalue weighted by Gasteiger charge is -2.31. The fourth-order valence-electron chi connectivity index (χ4n) is 4.29. The Labute approximate surface area is 218 Å². The third-order valence-electron chi connectivity index (χ3n) is 6.45. The molecule has 0 saturated carbocycles. The van der Waals surface area contributed by atoms with Crippen LogP contribution in [0, 0.1) is 0 Å². The van der Waals surface area contributed by atoms with Crippen LogP contribution in [0.4, 0.5) is 5.69 Å². The number of rotatable bonds is 8. The third kappa shape index (κ3) is 6.05. The Morgan fingerprint density at radius 3 is 2.49 bits per heavy atom. The summed E-state index contributed by atoms with van der Waals surface area (Å²) in [6, 6.07) is 19.1. The fraction of sp³-hybridized carbons (Fsp3) is 0.333. The molecule has 0 bridgehead atoms. The molecule has 0 atom stereocenters. The van der Waals surface area contributed by atoms with Gasteiger partial charge in [0.2, 0.25) is 0 Å². The minimum Gasteiger partial charge on any atom is -0.493 e. The number of carbonyl (C=O) groups excluding carboxylic acids is 2. The number of methoxy groups -OCH3 is 2. The van der Waals surface area contributed by atoms with Gasteiger partial charge in [0, 0.05) is 12.1 Å². The van der Waals surface area contributed by atoms with Crippen LogP contribution in [0.2, 0.25) is 0 Å². The smallest absolute Gasteiger partial charge is 0.265 e. The van der Waals surface area contributed by atoms with Gasteiger partial charge in [0.1, 0.15) is 5.75 Å². The maximum Gasteiger partial charge on any atom is 0.265 e. The maximum atomic E-state index is 12.9. The van der Waals surface area contributed by atoms with Gasteiger partial charge in [-0.1, -0.05) is 45.0 Å². The van der Waals surface area contributed by atoms with Crippen LogP contribution in [-0.4, -0.2) is 39.2 Å². The van der Waals surface area contributed by atoms with Crippen molar-refractivity contribution >= 4 is 17.5 Å². The number of hydrogen-bond donors (Lipinski definition) is 1. The van der Waals surface area contributed by atoms with E-state index in [2.05, 4.69) is 26.1 Å². The molecule has 0 aromatic heterocycles. The lowest BCUT2D eigenvalue weighted by molar-refractivity contribution is -0.121. The summed E-state index contributed by atoms with van der Waals surface area (Å²) in [5, 5.41) is 2.98. The number of benzene rings is 3. The van der Waals surface area contributed by atoms with Crippen molar-refractivity contribution in [1.29, 1.82) is 0 Å². The summed E-state index contributed by atoms with van der Waals surface area (Å²) in [6.45, 7) is 7.24. The van der Waals surface area contributed by atoms with Crippen LogP contribution in [-0.2, 0) is 23.2 Å². The quantitative estimate of drug-likeness (QED) is 0.474. The average Bonchev–Trinajstić information content (AvgIpc) is 2.89. The molecule has 1 aliphatic heterocycles. The van der Waals surface area contributed by atoms with Crippen LogP contribution >= 0.6 is 0 Å². The number of hydrogen-bond acceptors (Lipinski definition) is 5. The second-order valence-electron chi connectivity index (χ2n) is 10.1. The zero-order chi connectivity index (χ0) is 26.6. The van der Waals surface area contributed by atoms with Crippen molar-refractivity contribution in [2.45, 2.75) is 39.2 Å². The van der Waals surface area contributed by atoms with Gasteiger partial charge in [-0.05, 0) is 64.9 Å². The van der Waals surface area contributed by atoms with Gasteiger partial charge in [-0.3, -0.25) is 9.59 Å². The molecule has 194 valence electrons. The largest absolute Gasteiger partial charge is 0.493 e. The maximum absolute atomic E-state index is 12.9. The highest BCUT2D eigenvalue weighted by atomic mass is 16.5. The highest BCUT2D eigenvalue weighted by molar-refractivity contribution is 5.98. The first-order valence-electron chi connectivity index (χ1n) is 12.4. The van der Waals surface area contributed by atoms with Crippen molar-refractivity contribution in [3.63, 3.8) is 0 Å². The molecule has 0 saturated heterocycles. The van der Waals surface area contributed by atoms with E-state index in [4.69, 9.17) is 14.2 Å². The van der Waals surface area contributed by atoms with Crippen molar-refractivity contribution < 1.29 is 23.8 Å². The van der Waals surface area contributed by atoms with E-state index >= 15 is 0 Å². The van der Waals surface area contributed by atoms with Gasteiger partial charge in [0.05, 0.1) is 26.5 Å². The van der Waals surface area contributed by atoms with Crippen LogP contribution in [0.5, 0.6) is 17.2 Å². The van der Waals surface area contributed by atoms with Crippen LogP contribution in [0.25, 0.3) is 0 Å². The summed E-state index contributed by atoms with van der Waals surface area (Å²) in [6.07, 6.45) is 0.654. The number of amides is 2. The molecular weight excluding hydrogens is 468 g/mol. The Hall–Kier alpha value is -4.00. The zero-order valence-electron chi connectivity index (χ0n) is 22.1. The Kier molecular flexibility index (Phi) is 7.71. The monoisotopic (exact) mass is 502 g/mol. The molecule has 0 fully saturated rings. The van der Waals surface area contributed by atoms with Crippen molar-refractivity contribution in [2.75, 3.05) is 32.3 Å². The summed E-state index contributed by atoms with van der Waals surface area (Å²) in [5.74, 6) is 1.75. The number of fused-ring (bicyclic) bond motifs is 1. The lowest BCUT2D eigenvalue weighted by Crippen LogP contribution is -2.38. The van der Waals surface area contributed by atoms with Gasteiger partial charge < -0.3 is 24.4 Å². The first-order chi connectivity index (χ1) is 17.7. The van der Waals surface area contributed by atoms with Gasteiger partial charge in [0.15, 0.2) is 18.1 Å². The number of carbonyl (C=O) groups is 2. The molecule has 1 heterocycles. The summed E-state index contributed by atoms with van der Waals surface area (Å²) >= 11 is 0. The minimum absolute atomic E-state index is 0.00180. The zero-order valence-corrected chi connectivity index (χ0v) is 22.1. The molecular formula is C30H34N2O5. The number of ether oxygens (including phenoxy) is 3. The van der Waals surface area contributed by atoms with Crippen molar-refractivity contribution in [3.8, 4) is 17.2 Å². The molecule has 0 spiro atoms. The second-order valence-corrected chi connectivity index (χ2v) is 10.1. The van der Waals surface area contributed by atoms with Crippen LogP contribution in [0.15, 0.2) is 60.7 Å². The topological polar surface area (TPSA) is 77.1 Å². The molecule has 2 amide bonds. The van der Waals surface area contributed by atoms with E-state index in [1.165, 1.54) is 0 Å². The molecule has 1 aliphatic rings. The van der Waals surface area contributed by atoms with E-state index < -0.39 is 0 Å². The number of nitrogens with one attached hydrogen (secondary N) is 1. The first kappa shape index (κ1) is 26.1. The van der Waals surface area contributed by atoms with E-state index in [-0.39, 0.29) is 23.8 Å². The second kappa shape index (κ2) is 10.9. The van der Waals surface area contributed by atoms with Gasteiger partial charge in [-0.2, -0.15) is 0 Å². The predicted molar refractivity (Wildman–Crippen MR) is 144 cm³/mol. The van der Waals surface area contributed by atoms with E-state index in [1.807, 2.05) is 54.6 Å². The Morgan fingerprint density at radius 1 is 0.973 bits per heavy atom. The van der Waals surface area contributed by atoms with Crippen LogP contribution < -0.4 is 24.4 Å². The van der Waals surface area contributed by atoms with Gasteiger partial charge in [-0.25, -0.2) is 0 Å². The van der Waals surface area contributed by atoms with Gasteiger partial charge in [-0.15, -0.1) is 0 Å². The SMILES string of the molecule is COc1ccc(CCNC(=O)c2cccc(CN3C(=O)COc4ccc(C(C)(C)C)cc43)c2)cc1OC. The molecule has 4 rings (SSSR count). The Bertz CT molecular complexity index is 1300. The molecule has 37 heavy (non-hydrogen) atoms. The number of nitrogens with zero attached hydrogens (tertiary/aromatic N) is 1. The predicted octanol–water partition coefficient (Wildman–Crippen LogP) is 4.90. The Balaban J connectivity index is 1.44. The van der Waals surface area contributed by atoms with E-state index in [0.717, 1.165) is 22.4 Å². The molecule has 7 heteroatoms. The molecule has 0 radical (unpaired) electrons. The summed E-state index contributed by atoms with van der Waals surface area (Å²) in [4.78, 5) is 27.4. The van der Waals surface area contributed by atoms with Crippen LogP contribution in [0.1, 0.15) is 47.8 Å². The van der Waals surface area contributed by atoms with Gasteiger partial charge in [0.25, 0.3) is 11.8 Å². The van der Waals surface area contributed by atoms with Crippen molar-refractivity contribution in [3.05, 3.63) is 82.9 Å². The van der Waals surface area contributed by atoms with Crippen LogP contribution in [0.3, 0.4) is 0 Å².